The third kappa shape index (κ3) is 7.04. The zero-order valence-electron chi connectivity index (χ0n) is 23.7. The van der Waals surface area contributed by atoms with Crippen molar-refractivity contribution < 1.29 is 24.2 Å². The largest absolute Gasteiger partial charge is 0.507 e. The summed E-state index contributed by atoms with van der Waals surface area (Å²) in [6.07, 6.45) is 1.94. The number of thioether (sulfide) groups is 1. The Morgan fingerprint density at radius 3 is 2.30 bits per heavy atom. The Kier molecular flexibility index (Phi) is 10.0. The summed E-state index contributed by atoms with van der Waals surface area (Å²) >= 11 is 8.68. The lowest BCUT2D eigenvalue weighted by Crippen LogP contribution is -2.29. The van der Waals surface area contributed by atoms with Gasteiger partial charge in [-0.15, -0.1) is 10.2 Å². The van der Waals surface area contributed by atoms with Gasteiger partial charge in [-0.3, -0.25) is 14.5 Å². The van der Waals surface area contributed by atoms with Crippen molar-refractivity contribution in [2.75, 3.05) is 18.1 Å². The molecule has 1 atom stereocenters. The van der Waals surface area contributed by atoms with Gasteiger partial charge in [-0.05, 0) is 73.0 Å². The number of carbonyl (C=O) groups excluding carboxylic acids is 2. The van der Waals surface area contributed by atoms with Crippen LogP contribution in [0.25, 0.3) is 5.76 Å². The second kappa shape index (κ2) is 14.1. The van der Waals surface area contributed by atoms with Crippen LogP contribution in [0.3, 0.4) is 0 Å². The first-order valence-corrected chi connectivity index (χ1v) is 16.0. The van der Waals surface area contributed by atoms with Crippen molar-refractivity contribution in [3.05, 3.63) is 100 Å². The average Bonchev–Trinajstić information content (AvgIpc) is 3.59. The molecule has 0 radical (unpaired) electrons. The van der Waals surface area contributed by atoms with Gasteiger partial charge in [0.2, 0.25) is 5.13 Å². The SMILES string of the molecule is CCCCOc1ccc(C2/C(=C(/O)c3ccc(OCC)cc3)C(=O)C(=O)N2c2nnc(SCc3ccc(Cl)cc3)s2)cc1. The summed E-state index contributed by atoms with van der Waals surface area (Å²) in [7, 11) is 0. The van der Waals surface area contributed by atoms with E-state index in [2.05, 4.69) is 17.1 Å². The van der Waals surface area contributed by atoms with E-state index in [4.69, 9.17) is 21.1 Å². The Hall–Kier alpha value is -3.86. The second-order valence-electron chi connectivity index (χ2n) is 9.66. The lowest BCUT2D eigenvalue weighted by Gasteiger charge is -2.22. The zero-order chi connectivity index (χ0) is 30.3. The molecular weight excluding hydrogens is 606 g/mol. The molecule has 1 amide bonds. The number of carbonyl (C=O) groups is 2. The number of aliphatic hydroxyl groups is 1. The van der Waals surface area contributed by atoms with Gasteiger partial charge in [0.05, 0.1) is 24.8 Å². The van der Waals surface area contributed by atoms with E-state index in [0.717, 1.165) is 18.4 Å². The summed E-state index contributed by atoms with van der Waals surface area (Å²) in [5.74, 6) is 0.0748. The molecule has 0 saturated carbocycles. The highest BCUT2D eigenvalue weighted by Gasteiger charge is 2.48. The van der Waals surface area contributed by atoms with Crippen LogP contribution in [-0.2, 0) is 15.3 Å². The van der Waals surface area contributed by atoms with E-state index in [0.29, 0.717) is 51.0 Å². The van der Waals surface area contributed by atoms with Gasteiger partial charge in [0, 0.05) is 16.3 Å². The van der Waals surface area contributed by atoms with Crippen LogP contribution in [0.2, 0.25) is 5.02 Å². The number of aliphatic hydroxyl groups excluding tert-OH is 1. The molecular formula is C32H30ClN3O5S2. The number of Topliss-reactive ketones (excluding diaryl/α,β-unsaturated/α-hetero) is 1. The minimum absolute atomic E-state index is 0.0284. The smallest absolute Gasteiger partial charge is 0.301 e. The third-order valence-corrected chi connectivity index (χ3v) is 9.10. The number of amides is 1. The Labute approximate surface area is 263 Å². The lowest BCUT2D eigenvalue weighted by atomic mass is 9.95. The highest BCUT2D eigenvalue weighted by Crippen LogP contribution is 2.44. The highest BCUT2D eigenvalue weighted by molar-refractivity contribution is 8.00. The normalized spacial score (nSPS) is 16.1. The van der Waals surface area contributed by atoms with Crippen LogP contribution in [0.4, 0.5) is 5.13 Å². The molecule has 11 heteroatoms. The topological polar surface area (TPSA) is 102 Å². The maximum absolute atomic E-state index is 13.5. The average molecular weight is 636 g/mol. The van der Waals surface area contributed by atoms with E-state index in [1.807, 2.05) is 31.2 Å². The summed E-state index contributed by atoms with van der Waals surface area (Å²) in [6.45, 7) is 5.06. The van der Waals surface area contributed by atoms with E-state index in [1.165, 1.54) is 28.0 Å². The highest BCUT2D eigenvalue weighted by atomic mass is 35.5. The summed E-state index contributed by atoms with van der Waals surface area (Å²) in [6, 6.07) is 20.5. The molecule has 222 valence electrons. The van der Waals surface area contributed by atoms with Gasteiger partial charge in [-0.2, -0.15) is 0 Å². The van der Waals surface area contributed by atoms with Crippen molar-refractivity contribution in [2.45, 2.75) is 42.8 Å². The molecule has 5 rings (SSSR count). The summed E-state index contributed by atoms with van der Waals surface area (Å²) in [4.78, 5) is 28.4. The third-order valence-electron chi connectivity index (χ3n) is 6.72. The molecule has 1 N–H and O–H groups in total. The molecule has 1 aliphatic rings. The number of hydrogen-bond donors (Lipinski definition) is 1. The standard InChI is InChI=1S/C32H30ClN3O5S2/c1-3-5-18-41-25-14-8-21(9-15-25)27-26(28(37)22-10-16-24(17-11-22)40-4-2)29(38)30(39)36(27)31-34-35-32(43-31)42-19-20-6-12-23(33)13-7-20/h6-17,27,37H,3-5,18-19H2,1-2H3/b28-26-. The van der Waals surface area contributed by atoms with Crippen LogP contribution < -0.4 is 14.4 Å². The first-order chi connectivity index (χ1) is 20.9. The maximum Gasteiger partial charge on any atom is 0.301 e. The van der Waals surface area contributed by atoms with Crippen LogP contribution in [0.5, 0.6) is 11.5 Å². The van der Waals surface area contributed by atoms with Crippen molar-refractivity contribution >= 4 is 57.3 Å². The fraction of sp³-hybridized carbons (Fsp3) is 0.250. The number of ether oxygens (including phenoxy) is 2. The Morgan fingerprint density at radius 2 is 1.63 bits per heavy atom. The van der Waals surface area contributed by atoms with Crippen molar-refractivity contribution in [1.29, 1.82) is 0 Å². The van der Waals surface area contributed by atoms with Gasteiger partial charge < -0.3 is 14.6 Å². The number of nitrogens with zero attached hydrogens (tertiary/aromatic N) is 3. The monoisotopic (exact) mass is 635 g/mol. The molecule has 1 unspecified atom stereocenters. The number of benzene rings is 3. The van der Waals surface area contributed by atoms with Crippen molar-refractivity contribution in [3.63, 3.8) is 0 Å². The first kappa shape index (κ1) is 30.6. The quantitative estimate of drug-likeness (QED) is 0.0422. The van der Waals surface area contributed by atoms with E-state index in [1.54, 1.807) is 48.5 Å². The number of halogens is 1. The molecule has 43 heavy (non-hydrogen) atoms. The van der Waals surface area contributed by atoms with E-state index < -0.39 is 17.7 Å². The molecule has 0 aliphatic carbocycles. The fourth-order valence-corrected chi connectivity index (χ4v) is 6.49. The number of hydrogen-bond acceptors (Lipinski definition) is 9. The second-order valence-corrected chi connectivity index (χ2v) is 12.3. The zero-order valence-corrected chi connectivity index (χ0v) is 26.0. The Balaban J connectivity index is 1.49. The molecule has 1 fully saturated rings. The van der Waals surface area contributed by atoms with Crippen LogP contribution >= 0.6 is 34.7 Å². The van der Waals surface area contributed by atoms with Crippen LogP contribution in [0.15, 0.2) is 82.7 Å². The van der Waals surface area contributed by atoms with Gasteiger partial charge in [-0.25, -0.2) is 0 Å². The van der Waals surface area contributed by atoms with Gasteiger partial charge in [0.25, 0.3) is 5.78 Å². The molecule has 1 saturated heterocycles. The molecule has 0 spiro atoms. The summed E-state index contributed by atoms with van der Waals surface area (Å²) < 4.78 is 12.0. The Morgan fingerprint density at radius 1 is 0.953 bits per heavy atom. The fourth-order valence-electron chi connectivity index (χ4n) is 4.54. The van der Waals surface area contributed by atoms with E-state index in [-0.39, 0.29) is 16.5 Å². The van der Waals surface area contributed by atoms with Crippen molar-refractivity contribution in [2.24, 2.45) is 0 Å². The van der Waals surface area contributed by atoms with Gasteiger partial charge in [0.15, 0.2) is 4.34 Å². The van der Waals surface area contributed by atoms with E-state index >= 15 is 0 Å². The predicted octanol–water partition coefficient (Wildman–Crippen LogP) is 7.69. The maximum atomic E-state index is 13.5. The molecule has 4 aromatic rings. The Bertz CT molecular complexity index is 1610. The lowest BCUT2D eigenvalue weighted by molar-refractivity contribution is -0.132. The van der Waals surface area contributed by atoms with Crippen LogP contribution in [-0.4, -0.2) is 40.2 Å². The number of ketones is 1. The van der Waals surface area contributed by atoms with Crippen molar-refractivity contribution in [1.82, 2.24) is 10.2 Å². The van der Waals surface area contributed by atoms with Crippen LogP contribution in [0.1, 0.15) is 49.4 Å². The van der Waals surface area contributed by atoms with Gasteiger partial charge in [-0.1, -0.05) is 72.3 Å². The van der Waals surface area contributed by atoms with Gasteiger partial charge >= 0.3 is 5.91 Å². The summed E-state index contributed by atoms with van der Waals surface area (Å²) in [5.41, 5.74) is 2.05. The molecule has 3 aromatic carbocycles. The first-order valence-electron chi connectivity index (χ1n) is 13.9. The predicted molar refractivity (Wildman–Crippen MR) is 170 cm³/mol. The van der Waals surface area contributed by atoms with Gasteiger partial charge in [0.1, 0.15) is 17.3 Å². The van der Waals surface area contributed by atoms with E-state index in [9.17, 15) is 14.7 Å². The number of rotatable bonds is 12. The number of unbranched alkanes of at least 4 members (excludes halogenated alkanes) is 1. The molecule has 2 heterocycles. The number of anilines is 1. The number of aromatic nitrogens is 2. The minimum Gasteiger partial charge on any atom is -0.507 e. The molecule has 8 nitrogen and oxygen atoms in total. The molecule has 1 aliphatic heterocycles. The molecule has 0 bridgehead atoms. The minimum atomic E-state index is -0.918. The summed E-state index contributed by atoms with van der Waals surface area (Å²) in [5, 5.41) is 20.9. The van der Waals surface area contributed by atoms with Crippen molar-refractivity contribution in [3.8, 4) is 11.5 Å². The van der Waals surface area contributed by atoms with Crippen LogP contribution in [0, 0.1) is 0 Å². The molecule has 1 aromatic heterocycles.